The van der Waals surface area contributed by atoms with Crippen molar-refractivity contribution in [3.8, 4) is 0 Å². The molecule has 41 heavy (non-hydrogen) atoms. The third kappa shape index (κ3) is 7.90. The zero-order valence-corrected chi connectivity index (χ0v) is 25.1. The number of piperazine rings is 1. The van der Waals surface area contributed by atoms with Crippen molar-refractivity contribution in [2.45, 2.75) is 43.7 Å². The van der Waals surface area contributed by atoms with Crippen LogP contribution < -0.4 is 4.72 Å². The van der Waals surface area contributed by atoms with E-state index in [1.807, 2.05) is 6.07 Å². The van der Waals surface area contributed by atoms with Crippen LogP contribution in [0.3, 0.4) is 0 Å². The smallest absolute Gasteiger partial charge is 0.410 e. The molecular formula is C29H30Cl2FN3O5S. The highest BCUT2D eigenvalue weighted by Crippen LogP contribution is 2.29. The maximum absolute atomic E-state index is 14.2. The van der Waals surface area contributed by atoms with E-state index in [0.29, 0.717) is 23.7 Å². The molecule has 0 saturated carbocycles. The number of amides is 2. The van der Waals surface area contributed by atoms with Gasteiger partial charge in [-0.2, -0.15) is 0 Å². The number of ether oxygens (including phenoxy) is 1. The summed E-state index contributed by atoms with van der Waals surface area (Å²) in [5.41, 5.74) is 0.991. The van der Waals surface area contributed by atoms with Crippen LogP contribution >= 0.6 is 23.2 Å². The molecule has 1 atom stereocenters. The molecule has 0 aliphatic carbocycles. The number of carbonyl (C=O) groups is 2. The highest BCUT2D eigenvalue weighted by Gasteiger charge is 2.35. The topological polar surface area (TPSA) is 96.0 Å². The molecule has 1 fully saturated rings. The first-order valence-electron chi connectivity index (χ1n) is 12.8. The second kappa shape index (κ2) is 12.3. The minimum absolute atomic E-state index is 0.0440. The summed E-state index contributed by atoms with van der Waals surface area (Å²) in [6, 6.07) is 16.3. The summed E-state index contributed by atoms with van der Waals surface area (Å²) in [6.07, 6.45) is -0.407. The van der Waals surface area contributed by atoms with Gasteiger partial charge in [0.1, 0.15) is 16.3 Å². The van der Waals surface area contributed by atoms with Gasteiger partial charge in [0, 0.05) is 35.4 Å². The second-order valence-corrected chi connectivity index (χ2v) is 13.2. The van der Waals surface area contributed by atoms with Crippen LogP contribution in [-0.2, 0) is 26.0 Å². The standard InChI is InChI=1S/C29H30Cl2FN3O5S/c1-29(2,3)40-28(37)34-13-14-35(25(18-34)20-5-4-6-21(30)16-20)27(36)15-19-7-10-23(11-8-19)33-41(38,39)26-12-9-22(31)17-24(26)32/h4-12,16-17,25,33H,13-15,18H2,1-3H3. The molecule has 12 heteroatoms. The molecule has 4 rings (SSSR count). The minimum Gasteiger partial charge on any atom is -0.444 e. The van der Waals surface area contributed by atoms with Crippen molar-refractivity contribution >= 4 is 50.9 Å². The fourth-order valence-corrected chi connectivity index (χ4v) is 5.92. The van der Waals surface area contributed by atoms with E-state index in [4.69, 9.17) is 27.9 Å². The summed E-state index contributed by atoms with van der Waals surface area (Å²) in [6.45, 7) is 6.23. The lowest BCUT2D eigenvalue weighted by molar-refractivity contribution is -0.135. The molecule has 1 aliphatic heterocycles. The molecule has 1 saturated heterocycles. The molecule has 0 bridgehead atoms. The minimum atomic E-state index is -4.19. The molecule has 1 unspecified atom stereocenters. The Labute approximate surface area is 249 Å². The average molecular weight is 623 g/mol. The van der Waals surface area contributed by atoms with E-state index in [2.05, 4.69) is 4.72 Å². The maximum Gasteiger partial charge on any atom is 0.410 e. The number of carbonyl (C=O) groups excluding carboxylic acids is 2. The van der Waals surface area contributed by atoms with E-state index >= 15 is 0 Å². The van der Waals surface area contributed by atoms with E-state index in [-0.39, 0.29) is 29.6 Å². The lowest BCUT2D eigenvalue weighted by Crippen LogP contribution is -2.53. The van der Waals surface area contributed by atoms with Crippen LogP contribution in [0.4, 0.5) is 14.9 Å². The highest BCUT2D eigenvalue weighted by atomic mass is 35.5. The Morgan fingerprint density at radius 1 is 1.00 bits per heavy atom. The van der Waals surface area contributed by atoms with Gasteiger partial charge in [0.15, 0.2) is 0 Å². The number of hydrogen-bond acceptors (Lipinski definition) is 5. The van der Waals surface area contributed by atoms with E-state index in [1.54, 1.807) is 60.9 Å². The van der Waals surface area contributed by atoms with E-state index in [0.717, 1.165) is 17.7 Å². The Kier molecular flexibility index (Phi) is 9.16. The van der Waals surface area contributed by atoms with Gasteiger partial charge in [-0.3, -0.25) is 9.52 Å². The zero-order chi connectivity index (χ0) is 29.9. The third-order valence-electron chi connectivity index (χ3n) is 6.33. The normalized spacial score (nSPS) is 15.9. The highest BCUT2D eigenvalue weighted by molar-refractivity contribution is 7.92. The fourth-order valence-electron chi connectivity index (χ4n) is 4.44. The molecule has 3 aromatic rings. The molecule has 1 aliphatic rings. The van der Waals surface area contributed by atoms with Crippen molar-refractivity contribution in [2.75, 3.05) is 24.4 Å². The third-order valence-corrected chi connectivity index (χ3v) is 8.22. The number of nitrogens with one attached hydrogen (secondary N) is 1. The van der Waals surface area contributed by atoms with Crippen LogP contribution in [-0.4, -0.2) is 55.5 Å². The molecule has 0 aromatic heterocycles. The molecule has 0 spiro atoms. The molecule has 2 amide bonds. The first-order chi connectivity index (χ1) is 19.2. The van der Waals surface area contributed by atoms with Gasteiger partial charge in [0.2, 0.25) is 5.91 Å². The van der Waals surface area contributed by atoms with E-state index < -0.39 is 38.5 Å². The average Bonchev–Trinajstić information content (AvgIpc) is 2.88. The van der Waals surface area contributed by atoms with Gasteiger partial charge in [-0.1, -0.05) is 47.5 Å². The van der Waals surface area contributed by atoms with Gasteiger partial charge in [-0.15, -0.1) is 0 Å². The Bertz CT molecular complexity index is 1540. The van der Waals surface area contributed by atoms with Crippen LogP contribution in [0, 0.1) is 5.82 Å². The van der Waals surface area contributed by atoms with Crippen molar-refractivity contribution in [2.24, 2.45) is 0 Å². The Balaban J connectivity index is 1.48. The van der Waals surface area contributed by atoms with E-state index in [9.17, 15) is 22.4 Å². The molecule has 218 valence electrons. The van der Waals surface area contributed by atoms with Crippen LogP contribution in [0.1, 0.15) is 37.9 Å². The SMILES string of the molecule is CC(C)(C)OC(=O)N1CCN(C(=O)Cc2ccc(NS(=O)(=O)c3ccc(Cl)cc3F)cc2)C(c2cccc(Cl)c2)C1. The van der Waals surface area contributed by atoms with Crippen molar-refractivity contribution in [1.29, 1.82) is 0 Å². The van der Waals surface area contributed by atoms with Crippen LogP contribution in [0.2, 0.25) is 10.0 Å². The summed E-state index contributed by atoms with van der Waals surface area (Å²) < 4.78 is 47.3. The maximum atomic E-state index is 14.2. The number of halogens is 3. The summed E-state index contributed by atoms with van der Waals surface area (Å²) in [5, 5.41) is 0.597. The number of sulfonamides is 1. The number of rotatable bonds is 6. The summed E-state index contributed by atoms with van der Waals surface area (Å²) in [4.78, 5) is 29.1. The lowest BCUT2D eigenvalue weighted by Gasteiger charge is -2.42. The van der Waals surface area contributed by atoms with Crippen molar-refractivity contribution in [3.63, 3.8) is 0 Å². The summed E-state index contributed by atoms with van der Waals surface area (Å²) in [5.74, 6) is -1.14. The molecule has 0 radical (unpaired) electrons. The number of anilines is 1. The first-order valence-corrected chi connectivity index (χ1v) is 15.1. The second-order valence-electron chi connectivity index (χ2n) is 10.6. The van der Waals surface area contributed by atoms with Crippen molar-refractivity contribution in [3.05, 3.63) is 93.7 Å². The van der Waals surface area contributed by atoms with Crippen LogP contribution in [0.25, 0.3) is 0 Å². The molecule has 3 aromatic carbocycles. The largest absolute Gasteiger partial charge is 0.444 e. The first kappa shape index (κ1) is 30.6. The number of hydrogen-bond donors (Lipinski definition) is 1. The van der Waals surface area contributed by atoms with Gasteiger partial charge >= 0.3 is 6.09 Å². The van der Waals surface area contributed by atoms with E-state index in [1.165, 1.54) is 18.2 Å². The van der Waals surface area contributed by atoms with Crippen molar-refractivity contribution in [1.82, 2.24) is 9.80 Å². The molecular weight excluding hydrogens is 592 g/mol. The van der Waals surface area contributed by atoms with Gasteiger partial charge in [-0.25, -0.2) is 17.6 Å². The number of benzene rings is 3. The molecule has 1 heterocycles. The molecule has 1 N–H and O–H groups in total. The molecule has 8 nitrogen and oxygen atoms in total. The van der Waals surface area contributed by atoms with Gasteiger partial charge in [0.05, 0.1) is 12.5 Å². The van der Waals surface area contributed by atoms with Crippen LogP contribution in [0.15, 0.2) is 71.6 Å². The Morgan fingerprint density at radius 2 is 1.68 bits per heavy atom. The quantitative estimate of drug-likeness (QED) is 0.349. The Morgan fingerprint density at radius 3 is 2.32 bits per heavy atom. The monoisotopic (exact) mass is 621 g/mol. The van der Waals surface area contributed by atoms with Crippen LogP contribution in [0.5, 0.6) is 0 Å². The fraction of sp³-hybridized carbons (Fsp3) is 0.310. The van der Waals surface area contributed by atoms with Gasteiger partial charge in [-0.05, 0) is 74.4 Å². The van der Waals surface area contributed by atoms with Gasteiger partial charge in [0.25, 0.3) is 10.0 Å². The van der Waals surface area contributed by atoms with Gasteiger partial charge < -0.3 is 14.5 Å². The summed E-state index contributed by atoms with van der Waals surface area (Å²) >= 11 is 12.0. The predicted octanol–water partition coefficient (Wildman–Crippen LogP) is 6.30. The van der Waals surface area contributed by atoms with Crippen molar-refractivity contribution < 1.29 is 27.1 Å². The lowest BCUT2D eigenvalue weighted by atomic mass is 10.0. The zero-order valence-electron chi connectivity index (χ0n) is 22.7. The predicted molar refractivity (Wildman–Crippen MR) is 156 cm³/mol. The number of nitrogens with zero attached hydrogens (tertiary/aromatic N) is 2. The Hall–Kier alpha value is -3.34. The summed E-state index contributed by atoms with van der Waals surface area (Å²) in [7, 11) is -4.19.